The van der Waals surface area contributed by atoms with E-state index in [2.05, 4.69) is 32.0 Å². The number of thiophene rings is 1. The largest absolute Gasteiger partial charge is 0.353 e. The molecule has 0 unspecified atom stereocenters. The monoisotopic (exact) mass is 457 g/mol. The molecule has 0 spiro atoms. The molecule has 1 aliphatic heterocycles. The molecule has 4 rings (SSSR count). The van der Waals surface area contributed by atoms with Gasteiger partial charge >= 0.3 is 0 Å². The molecular weight excluding hydrogens is 430 g/mol. The molecule has 1 saturated heterocycles. The van der Waals surface area contributed by atoms with Crippen LogP contribution in [-0.4, -0.2) is 60.0 Å². The fourth-order valence-electron chi connectivity index (χ4n) is 4.06. The summed E-state index contributed by atoms with van der Waals surface area (Å²) in [5, 5.41) is 4.79. The first-order valence-electron chi connectivity index (χ1n) is 10.8. The number of nitrogens with zero attached hydrogens (tertiary/aromatic N) is 4. The number of fused-ring (bicyclic) bond motifs is 1. The minimum absolute atomic E-state index is 0.0480. The Morgan fingerprint density at radius 1 is 1.16 bits per heavy atom. The summed E-state index contributed by atoms with van der Waals surface area (Å²) in [6, 6.07) is 7.72. The maximum Gasteiger partial charge on any atom is 0.261 e. The lowest BCUT2D eigenvalue weighted by molar-refractivity contribution is 0.0957. The Morgan fingerprint density at radius 2 is 1.90 bits per heavy atom. The molecule has 2 aromatic heterocycles. The summed E-state index contributed by atoms with van der Waals surface area (Å²) in [6.45, 7) is 9.93. The molecular formula is C23H28ClN5OS. The van der Waals surface area contributed by atoms with Gasteiger partial charge in [-0.2, -0.15) is 0 Å². The first-order valence-corrected chi connectivity index (χ1v) is 12.0. The van der Waals surface area contributed by atoms with Crippen LogP contribution >= 0.6 is 22.9 Å². The van der Waals surface area contributed by atoms with E-state index in [0.717, 1.165) is 76.2 Å². The fraction of sp³-hybridized carbons (Fsp3) is 0.435. The van der Waals surface area contributed by atoms with Crippen molar-refractivity contribution >= 4 is 44.9 Å². The third-order valence-electron chi connectivity index (χ3n) is 5.74. The lowest BCUT2D eigenvalue weighted by Gasteiger charge is -2.35. The van der Waals surface area contributed by atoms with Crippen molar-refractivity contribution in [1.29, 1.82) is 0 Å². The fourth-order valence-corrected chi connectivity index (χ4v) is 5.25. The first-order chi connectivity index (χ1) is 15.1. The van der Waals surface area contributed by atoms with E-state index in [9.17, 15) is 4.79 Å². The van der Waals surface area contributed by atoms with Crippen molar-refractivity contribution in [3.63, 3.8) is 0 Å². The van der Waals surface area contributed by atoms with Gasteiger partial charge in [0.15, 0.2) is 0 Å². The zero-order chi connectivity index (χ0) is 21.8. The zero-order valence-electron chi connectivity index (χ0n) is 18.0. The molecule has 0 radical (unpaired) electrons. The summed E-state index contributed by atoms with van der Waals surface area (Å²) < 4.78 is 0. The smallest absolute Gasteiger partial charge is 0.261 e. The van der Waals surface area contributed by atoms with E-state index in [0.29, 0.717) is 6.54 Å². The number of piperazine rings is 1. The predicted octanol–water partition coefficient (Wildman–Crippen LogP) is 4.16. The Labute approximate surface area is 192 Å². The highest BCUT2D eigenvalue weighted by atomic mass is 35.5. The van der Waals surface area contributed by atoms with Gasteiger partial charge in [0, 0.05) is 37.7 Å². The number of hydrogen-bond donors (Lipinski definition) is 1. The number of nitrogens with one attached hydrogen (secondary N) is 1. The van der Waals surface area contributed by atoms with E-state index in [1.165, 1.54) is 17.8 Å². The molecule has 1 N–H and O–H groups in total. The van der Waals surface area contributed by atoms with Crippen LogP contribution in [0.3, 0.4) is 0 Å². The summed E-state index contributed by atoms with van der Waals surface area (Å²) in [5.41, 5.74) is 2.11. The Kier molecular flexibility index (Phi) is 7.05. The third-order valence-corrected chi connectivity index (χ3v) is 7.19. The maximum absolute atomic E-state index is 12.9. The predicted molar refractivity (Wildman–Crippen MR) is 129 cm³/mol. The van der Waals surface area contributed by atoms with E-state index in [4.69, 9.17) is 11.6 Å². The highest BCUT2D eigenvalue weighted by Gasteiger charge is 2.24. The Hall–Kier alpha value is -2.22. The van der Waals surface area contributed by atoms with Gasteiger partial charge in [-0.25, -0.2) is 9.97 Å². The lowest BCUT2D eigenvalue weighted by atomic mass is 10.1. The van der Waals surface area contributed by atoms with Crippen molar-refractivity contribution < 1.29 is 4.79 Å². The summed E-state index contributed by atoms with van der Waals surface area (Å²) in [7, 11) is 0. The molecule has 8 heteroatoms. The Balaban J connectivity index is 1.47. The molecule has 1 fully saturated rings. The molecule has 0 atom stereocenters. The summed E-state index contributed by atoms with van der Waals surface area (Å²) >= 11 is 7.39. The van der Waals surface area contributed by atoms with E-state index >= 15 is 0 Å². The number of halogens is 1. The second-order valence-electron chi connectivity index (χ2n) is 7.89. The van der Waals surface area contributed by atoms with Crippen molar-refractivity contribution in [1.82, 2.24) is 20.2 Å². The van der Waals surface area contributed by atoms with Gasteiger partial charge in [0.25, 0.3) is 5.91 Å². The molecule has 3 heterocycles. The molecule has 1 aliphatic rings. The third kappa shape index (κ3) is 5.00. The normalized spacial score (nSPS) is 14.9. The highest BCUT2D eigenvalue weighted by molar-refractivity contribution is 7.20. The molecule has 0 saturated carbocycles. The van der Waals surface area contributed by atoms with Gasteiger partial charge in [0.05, 0.1) is 10.3 Å². The summed E-state index contributed by atoms with van der Waals surface area (Å²) in [5.74, 6) is 0.906. The molecule has 6 nitrogen and oxygen atoms in total. The highest BCUT2D eigenvalue weighted by Crippen LogP contribution is 2.35. The van der Waals surface area contributed by atoms with Crippen LogP contribution in [-0.2, 0) is 6.42 Å². The summed E-state index contributed by atoms with van der Waals surface area (Å²) in [6.07, 6.45) is 3.56. The van der Waals surface area contributed by atoms with Crippen molar-refractivity contribution in [2.24, 2.45) is 0 Å². The van der Waals surface area contributed by atoms with Gasteiger partial charge in [0.2, 0.25) is 0 Å². The number of anilines is 1. The van der Waals surface area contributed by atoms with Crippen LogP contribution in [0.5, 0.6) is 0 Å². The van der Waals surface area contributed by atoms with Crippen molar-refractivity contribution in [2.45, 2.75) is 26.7 Å². The van der Waals surface area contributed by atoms with Crippen LogP contribution in [0.25, 0.3) is 10.2 Å². The van der Waals surface area contributed by atoms with E-state index in [-0.39, 0.29) is 5.91 Å². The van der Waals surface area contributed by atoms with Gasteiger partial charge in [-0.15, -0.1) is 11.3 Å². The number of amides is 1. The van der Waals surface area contributed by atoms with Gasteiger partial charge in [-0.05, 0) is 49.6 Å². The molecule has 164 valence electrons. The van der Waals surface area contributed by atoms with Crippen LogP contribution in [0, 0.1) is 6.92 Å². The van der Waals surface area contributed by atoms with Gasteiger partial charge in [0.1, 0.15) is 17.0 Å². The van der Waals surface area contributed by atoms with Gasteiger partial charge in [-0.1, -0.05) is 30.7 Å². The van der Waals surface area contributed by atoms with Gasteiger partial charge < -0.3 is 10.2 Å². The molecule has 0 aliphatic carbocycles. The number of carbonyl (C=O) groups is 1. The Bertz CT molecular complexity index is 1040. The lowest BCUT2D eigenvalue weighted by Crippen LogP contribution is -2.46. The van der Waals surface area contributed by atoms with E-state index in [1.54, 1.807) is 6.33 Å². The molecule has 3 aromatic rings. The van der Waals surface area contributed by atoms with Crippen molar-refractivity contribution in [3.05, 3.63) is 51.6 Å². The van der Waals surface area contributed by atoms with E-state index in [1.807, 2.05) is 31.2 Å². The average Bonchev–Trinajstić information content (AvgIpc) is 3.13. The Morgan fingerprint density at radius 3 is 2.61 bits per heavy atom. The SMILES string of the molecule is CCCN1CCN(c2ncnc3sc(C(=O)NCCc4ccc(Cl)cc4)c(C)c23)CC1. The topological polar surface area (TPSA) is 61.4 Å². The van der Waals surface area contributed by atoms with Gasteiger partial charge in [-0.3, -0.25) is 9.69 Å². The summed E-state index contributed by atoms with van der Waals surface area (Å²) in [4.78, 5) is 28.4. The zero-order valence-corrected chi connectivity index (χ0v) is 19.6. The standard InChI is InChI=1S/C23H28ClN5OS/c1-3-10-28-11-13-29(14-12-28)21-19-16(2)20(31-23(19)27-15-26-21)22(30)25-9-8-17-4-6-18(24)7-5-17/h4-7,15H,3,8-14H2,1-2H3,(H,25,30). The molecule has 1 amide bonds. The van der Waals surface area contributed by atoms with Crippen LogP contribution in [0.1, 0.15) is 34.1 Å². The van der Waals surface area contributed by atoms with Crippen molar-refractivity contribution in [2.75, 3.05) is 44.2 Å². The van der Waals surface area contributed by atoms with Crippen LogP contribution in [0.2, 0.25) is 5.02 Å². The molecule has 0 bridgehead atoms. The maximum atomic E-state index is 12.9. The van der Waals surface area contributed by atoms with Crippen LogP contribution in [0.15, 0.2) is 30.6 Å². The number of aromatic nitrogens is 2. The number of carbonyl (C=O) groups excluding carboxylic acids is 1. The number of hydrogen-bond acceptors (Lipinski definition) is 6. The van der Waals surface area contributed by atoms with Crippen molar-refractivity contribution in [3.8, 4) is 0 Å². The van der Waals surface area contributed by atoms with Crippen LogP contribution < -0.4 is 10.2 Å². The second kappa shape index (κ2) is 9.94. The van der Waals surface area contributed by atoms with E-state index < -0.39 is 0 Å². The quantitative estimate of drug-likeness (QED) is 0.577. The minimum atomic E-state index is -0.0480. The average molecular weight is 458 g/mol. The minimum Gasteiger partial charge on any atom is -0.353 e. The molecule has 1 aromatic carbocycles. The van der Waals surface area contributed by atoms with Crippen LogP contribution in [0.4, 0.5) is 5.82 Å². The number of aryl methyl sites for hydroxylation is 1. The second-order valence-corrected chi connectivity index (χ2v) is 9.33. The number of rotatable bonds is 7. The molecule has 31 heavy (non-hydrogen) atoms. The first kappa shape index (κ1) is 22.0. The number of benzene rings is 1.